The zero-order valence-electron chi connectivity index (χ0n) is 13.4. The molecule has 1 saturated heterocycles. The Hall–Kier alpha value is -2.22. The molecular formula is C17H18F4N4. The van der Waals surface area contributed by atoms with Crippen LogP contribution in [0.4, 0.5) is 23.4 Å². The average molecular weight is 354 g/mol. The lowest BCUT2D eigenvalue weighted by molar-refractivity contribution is -0.141. The number of hydrogen-bond donors (Lipinski definition) is 1. The maximum atomic E-state index is 12.9. The number of likely N-dealkylation sites (tertiary alicyclic amines) is 1. The van der Waals surface area contributed by atoms with E-state index in [1.54, 1.807) is 12.1 Å². The molecule has 25 heavy (non-hydrogen) atoms. The second kappa shape index (κ2) is 6.95. The molecule has 0 saturated carbocycles. The highest BCUT2D eigenvalue weighted by Crippen LogP contribution is 2.35. The number of alkyl halides is 3. The Balaban J connectivity index is 1.65. The quantitative estimate of drug-likeness (QED) is 0.856. The van der Waals surface area contributed by atoms with Crippen LogP contribution < -0.4 is 5.73 Å². The molecule has 2 heterocycles. The monoisotopic (exact) mass is 354 g/mol. The molecule has 2 N–H and O–H groups in total. The van der Waals surface area contributed by atoms with E-state index >= 15 is 0 Å². The molecule has 0 aliphatic carbocycles. The number of anilines is 1. The SMILES string of the molecule is Nc1nnc(C(F)(F)F)cc1C1CCN(Cc2ccc(F)cc2)CC1. The summed E-state index contributed by atoms with van der Waals surface area (Å²) < 4.78 is 51.4. The molecule has 0 bridgehead atoms. The summed E-state index contributed by atoms with van der Waals surface area (Å²) in [5, 5.41) is 6.62. The highest BCUT2D eigenvalue weighted by Gasteiger charge is 2.35. The smallest absolute Gasteiger partial charge is 0.382 e. The van der Waals surface area contributed by atoms with Gasteiger partial charge >= 0.3 is 6.18 Å². The van der Waals surface area contributed by atoms with E-state index in [4.69, 9.17) is 5.73 Å². The van der Waals surface area contributed by atoms with Crippen LogP contribution in [0.3, 0.4) is 0 Å². The fraction of sp³-hybridized carbons (Fsp3) is 0.412. The third-order valence-corrected chi connectivity index (χ3v) is 4.49. The number of nitrogens with two attached hydrogens (primary N) is 1. The van der Waals surface area contributed by atoms with Gasteiger partial charge in [-0.3, -0.25) is 4.90 Å². The van der Waals surface area contributed by atoms with Crippen molar-refractivity contribution in [2.75, 3.05) is 18.8 Å². The third-order valence-electron chi connectivity index (χ3n) is 4.49. The molecule has 1 aliphatic rings. The van der Waals surface area contributed by atoms with E-state index < -0.39 is 11.9 Å². The van der Waals surface area contributed by atoms with Crippen molar-refractivity contribution in [3.8, 4) is 0 Å². The van der Waals surface area contributed by atoms with Gasteiger partial charge in [-0.05, 0) is 55.6 Å². The molecule has 0 amide bonds. The summed E-state index contributed by atoms with van der Waals surface area (Å²) in [6.45, 7) is 2.14. The minimum Gasteiger partial charge on any atom is -0.382 e. The Morgan fingerprint density at radius 2 is 1.72 bits per heavy atom. The standard InChI is InChI=1S/C17H18F4N4/c18-13-3-1-11(2-4-13)10-25-7-5-12(6-8-25)14-9-15(17(19,20)21)23-24-16(14)22/h1-4,9,12H,5-8,10H2,(H2,22,24). The zero-order chi connectivity index (χ0) is 18.0. The van der Waals surface area contributed by atoms with Gasteiger partial charge in [-0.1, -0.05) is 12.1 Å². The van der Waals surface area contributed by atoms with Crippen LogP contribution in [0.25, 0.3) is 0 Å². The molecule has 0 radical (unpaired) electrons. The van der Waals surface area contributed by atoms with Gasteiger partial charge in [0, 0.05) is 12.1 Å². The van der Waals surface area contributed by atoms with Crippen molar-refractivity contribution in [1.29, 1.82) is 0 Å². The number of hydrogen-bond acceptors (Lipinski definition) is 4. The predicted octanol–water partition coefficient (Wildman–Crippen LogP) is 3.60. The fourth-order valence-corrected chi connectivity index (χ4v) is 3.13. The van der Waals surface area contributed by atoms with Gasteiger partial charge in [0.25, 0.3) is 0 Å². The Morgan fingerprint density at radius 3 is 2.32 bits per heavy atom. The number of nitrogen functional groups attached to an aromatic ring is 1. The van der Waals surface area contributed by atoms with Crippen LogP contribution in [-0.2, 0) is 12.7 Å². The van der Waals surface area contributed by atoms with Gasteiger partial charge in [-0.15, -0.1) is 10.2 Å². The van der Waals surface area contributed by atoms with E-state index in [1.165, 1.54) is 12.1 Å². The lowest BCUT2D eigenvalue weighted by Crippen LogP contribution is -2.33. The van der Waals surface area contributed by atoms with Crippen molar-refractivity contribution < 1.29 is 17.6 Å². The number of halogens is 4. The number of rotatable bonds is 3. The van der Waals surface area contributed by atoms with Gasteiger partial charge in [0.2, 0.25) is 0 Å². The first kappa shape index (κ1) is 17.6. The first-order valence-corrected chi connectivity index (χ1v) is 8.00. The highest BCUT2D eigenvalue weighted by molar-refractivity contribution is 5.42. The minimum atomic E-state index is -4.53. The molecule has 1 aliphatic heterocycles. The largest absolute Gasteiger partial charge is 0.435 e. The van der Waals surface area contributed by atoms with Gasteiger partial charge in [-0.25, -0.2) is 4.39 Å². The van der Waals surface area contributed by atoms with E-state index in [0.29, 0.717) is 24.9 Å². The second-order valence-corrected chi connectivity index (χ2v) is 6.24. The lowest BCUT2D eigenvalue weighted by atomic mass is 9.89. The molecule has 0 atom stereocenters. The van der Waals surface area contributed by atoms with Crippen LogP contribution in [0.5, 0.6) is 0 Å². The number of nitrogens with zero attached hydrogens (tertiary/aromatic N) is 3. The molecule has 1 aromatic carbocycles. The first-order valence-electron chi connectivity index (χ1n) is 8.00. The summed E-state index contributed by atoms with van der Waals surface area (Å²) in [6, 6.07) is 7.33. The first-order chi connectivity index (χ1) is 11.8. The summed E-state index contributed by atoms with van der Waals surface area (Å²) >= 11 is 0. The summed E-state index contributed by atoms with van der Waals surface area (Å²) in [5.74, 6) is -0.283. The van der Waals surface area contributed by atoms with E-state index in [0.717, 1.165) is 24.7 Å². The maximum absolute atomic E-state index is 12.9. The number of benzene rings is 1. The van der Waals surface area contributed by atoms with Crippen LogP contribution in [0.1, 0.15) is 35.6 Å². The topological polar surface area (TPSA) is 55.0 Å². The Kier molecular flexibility index (Phi) is 4.89. The zero-order valence-corrected chi connectivity index (χ0v) is 13.4. The number of aromatic nitrogens is 2. The fourth-order valence-electron chi connectivity index (χ4n) is 3.13. The lowest BCUT2D eigenvalue weighted by Gasteiger charge is -2.32. The van der Waals surface area contributed by atoms with Gasteiger partial charge in [0.1, 0.15) is 11.6 Å². The van der Waals surface area contributed by atoms with Crippen LogP contribution >= 0.6 is 0 Å². The summed E-state index contributed by atoms with van der Waals surface area (Å²) in [5.41, 5.74) is 6.16. The molecule has 4 nitrogen and oxygen atoms in total. The summed E-state index contributed by atoms with van der Waals surface area (Å²) in [6.07, 6.45) is -3.15. The molecule has 134 valence electrons. The Morgan fingerprint density at radius 1 is 1.08 bits per heavy atom. The number of piperidine rings is 1. The maximum Gasteiger partial charge on any atom is 0.435 e. The van der Waals surface area contributed by atoms with Gasteiger partial charge in [0.15, 0.2) is 5.69 Å². The van der Waals surface area contributed by atoms with Crippen molar-refractivity contribution in [1.82, 2.24) is 15.1 Å². The van der Waals surface area contributed by atoms with Crippen LogP contribution in [0.15, 0.2) is 30.3 Å². The van der Waals surface area contributed by atoms with Gasteiger partial charge < -0.3 is 5.73 Å². The molecular weight excluding hydrogens is 336 g/mol. The van der Waals surface area contributed by atoms with Crippen LogP contribution in [-0.4, -0.2) is 28.2 Å². The molecule has 0 unspecified atom stereocenters. The van der Waals surface area contributed by atoms with Gasteiger partial charge in [-0.2, -0.15) is 13.2 Å². The molecule has 8 heteroatoms. The van der Waals surface area contributed by atoms with Crippen LogP contribution in [0, 0.1) is 5.82 Å². The van der Waals surface area contributed by atoms with Crippen molar-refractivity contribution >= 4 is 5.82 Å². The summed E-state index contributed by atoms with van der Waals surface area (Å²) in [4.78, 5) is 2.19. The predicted molar refractivity (Wildman–Crippen MR) is 85.1 cm³/mol. The van der Waals surface area contributed by atoms with Crippen molar-refractivity contribution in [3.63, 3.8) is 0 Å². The molecule has 3 rings (SSSR count). The third kappa shape index (κ3) is 4.25. The van der Waals surface area contributed by atoms with Crippen molar-refractivity contribution in [2.24, 2.45) is 0 Å². The van der Waals surface area contributed by atoms with E-state index in [2.05, 4.69) is 15.1 Å². The molecule has 1 fully saturated rings. The van der Waals surface area contributed by atoms with Gasteiger partial charge in [0.05, 0.1) is 0 Å². The van der Waals surface area contributed by atoms with Crippen molar-refractivity contribution in [3.05, 3.63) is 53.0 Å². The second-order valence-electron chi connectivity index (χ2n) is 6.24. The molecule has 0 spiro atoms. The minimum absolute atomic E-state index is 0.0602. The molecule has 2 aromatic rings. The normalized spacial score (nSPS) is 17.0. The van der Waals surface area contributed by atoms with Crippen molar-refractivity contribution in [2.45, 2.75) is 31.5 Å². The van der Waals surface area contributed by atoms with E-state index in [-0.39, 0.29) is 17.6 Å². The Bertz CT molecular complexity index is 722. The van der Waals surface area contributed by atoms with E-state index in [1.807, 2.05) is 0 Å². The Labute approximate surface area is 142 Å². The highest BCUT2D eigenvalue weighted by atomic mass is 19.4. The van der Waals surface area contributed by atoms with E-state index in [9.17, 15) is 17.6 Å². The van der Waals surface area contributed by atoms with Crippen LogP contribution in [0.2, 0.25) is 0 Å². The summed E-state index contributed by atoms with van der Waals surface area (Å²) in [7, 11) is 0. The molecule has 1 aromatic heterocycles. The average Bonchev–Trinajstić information content (AvgIpc) is 2.57.